The first-order valence-electron chi connectivity index (χ1n) is 6.47. The molecule has 1 N–H and O–H groups in total. The summed E-state index contributed by atoms with van der Waals surface area (Å²) in [6, 6.07) is 10.2. The summed E-state index contributed by atoms with van der Waals surface area (Å²) in [7, 11) is 1.68. The summed E-state index contributed by atoms with van der Waals surface area (Å²) < 4.78 is 5.26. The van der Waals surface area contributed by atoms with Crippen LogP contribution in [0, 0.1) is 6.92 Å². The van der Waals surface area contributed by atoms with Gasteiger partial charge in [-0.2, -0.15) is 0 Å². The molecule has 0 aliphatic heterocycles. The van der Waals surface area contributed by atoms with E-state index in [1.165, 1.54) is 10.4 Å². The molecule has 0 aliphatic carbocycles. The number of ether oxygens (including phenoxy) is 1. The number of pyridine rings is 1. The Kier molecular flexibility index (Phi) is 3.56. The van der Waals surface area contributed by atoms with Gasteiger partial charge in [0.1, 0.15) is 11.6 Å². The van der Waals surface area contributed by atoms with Gasteiger partial charge in [0.05, 0.1) is 13.7 Å². The number of hydrogen-bond acceptors (Lipinski definition) is 4. The largest absolute Gasteiger partial charge is 0.497 e. The van der Waals surface area contributed by atoms with Crippen molar-refractivity contribution >= 4 is 27.9 Å². The van der Waals surface area contributed by atoms with Crippen LogP contribution in [0.15, 0.2) is 41.9 Å². The molecule has 20 heavy (non-hydrogen) atoms. The molecule has 0 saturated carbocycles. The van der Waals surface area contributed by atoms with Gasteiger partial charge < -0.3 is 10.1 Å². The van der Waals surface area contributed by atoms with Crippen molar-refractivity contribution in [3.05, 3.63) is 52.3 Å². The maximum Gasteiger partial charge on any atom is 0.134 e. The van der Waals surface area contributed by atoms with E-state index >= 15 is 0 Å². The lowest BCUT2D eigenvalue weighted by Crippen LogP contribution is -2.01. The van der Waals surface area contributed by atoms with E-state index in [1.807, 2.05) is 30.5 Å². The summed E-state index contributed by atoms with van der Waals surface area (Å²) in [6.07, 6.45) is 1.82. The molecule has 4 heteroatoms. The molecule has 0 unspecified atom stereocenters. The highest BCUT2D eigenvalue weighted by atomic mass is 32.1. The summed E-state index contributed by atoms with van der Waals surface area (Å²) in [5, 5.41) is 7.79. The van der Waals surface area contributed by atoms with Gasteiger partial charge in [-0.1, -0.05) is 0 Å². The third kappa shape index (κ3) is 2.47. The highest BCUT2D eigenvalue weighted by molar-refractivity contribution is 7.10. The van der Waals surface area contributed by atoms with E-state index in [1.54, 1.807) is 18.4 Å². The molecule has 0 bridgehead atoms. The van der Waals surface area contributed by atoms with Crippen LogP contribution in [0.1, 0.15) is 10.4 Å². The molecule has 3 aromatic rings. The Morgan fingerprint density at radius 3 is 2.90 bits per heavy atom. The second kappa shape index (κ2) is 5.51. The predicted molar refractivity (Wildman–Crippen MR) is 84.7 cm³/mol. The zero-order chi connectivity index (χ0) is 13.9. The number of aryl methyl sites for hydroxylation is 1. The Hall–Kier alpha value is -2.07. The van der Waals surface area contributed by atoms with E-state index in [0.29, 0.717) is 0 Å². The molecular weight excluding hydrogens is 268 g/mol. The van der Waals surface area contributed by atoms with E-state index in [4.69, 9.17) is 4.74 Å². The molecule has 3 nitrogen and oxygen atoms in total. The normalized spacial score (nSPS) is 10.7. The average Bonchev–Trinajstić information content (AvgIpc) is 2.89. The van der Waals surface area contributed by atoms with Gasteiger partial charge >= 0.3 is 0 Å². The van der Waals surface area contributed by atoms with Crippen LogP contribution in [0.4, 0.5) is 5.82 Å². The standard InChI is InChI=1S/C16H16N2OS/c1-11-6-8-20-15(11)10-18-16-14-4-3-13(19-2)9-12(14)5-7-17-16/h3-9H,10H2,1-2H3,(H,17,18). The fraction of sp³-hybridized carbons (Fsp3) is 0.188. The first-order chi connectivity index (χ1) is 9.78. The van der Waals surface area contributed by atoms with E-state index in [9.17, 15) is 0 Å². The number of aromatic nitrogens is 1. The zero-order valence-corrected chi connectivity index (χ0v) is 12.3. The van der Waals surface area contributed by atoms with Crippen molar-refractivity contribution in [3.8, 4) is 5.75 Å². The molecule has 102 valence electrons. The Labute approximate surface area is 122 Å². The Bertz CT molecular complexity index is 736. The van der Waals surface area contributed by atoms with Crippen molar-refractivity contribution < 1.29 is 4.74 Å². The van der Waals surface area contributed by atoms with Crippen molar-refractivity contribution in [1.29, 1.82) is 0 Å². The Balaban J connectivity index is 1.90. The highest BCUT2D eigenvalue weighted by Gasteiger charge is 2.05. The lowest BCUT2D eigenvalue weighted by atomic mass is 10.1. The van der Waals surface area contributed by atoms with Crippen molar-refractivity contribution in [2.45, 2.75) is 13.5 Å². The highest BCUT2D eigenvalue weighted by Crippen LogP contribution is 2.26. The molecule has 0 fully saturated rings. The molecule has 2 heterocycles. The van der Waals surface area contributed by atoms with E-state index in [0.717, 1.165) is 28.9 Å². The Morgan fingerprint density at radius 2 is 2.15 bits per heavy atom. The molecule has 3 rings (SSSR count). The van der Waals surface area contributed by atoms with Crippen molar-refractivity contribution in [2.75, 3.05) is 12.4 Å². The van der Waals surface area contributed by atoms with Crippen molar-refractivity contribution in [1.82, 2.24) is 4.98 Å². The van der Waals surface area contributed by atoms with Crippen LogP contribution in [0.5, 0.6) is 5.75 Å². The molecule has 1 aromatic carbocycles. The van der Waals surface area contributed by atoms with Crippen LogP contribution in [0.25, 0.3) is 10.8 Å². The number of fused-ring (bicyclic) bond motifs is 1. The lowest BCUT2D eigenvalue weighted by Gasteiger charge is -2.09. The van der Waals surface area contributed by atoms with Crippen LogP contribution < -0.4 is 10.1 Å². The quantitative estimate of drug-likeness (QED) is 0.778. The maximum atomic E-state index is 5.26. The van der Waals surface area contributed by atoms with Gasteiger partial charge in [-0.15, -0.1) is 11.3 Å². The molecule has 0 atom stereocenters. The van der Waals surface area contributed by atoms with Crippen molar-refractivity contribution in [2.24, 2.45) is 0 Å². The number of nitrogens with zero attached hydrogens (tertiary/aromatic N) is 1. The first kappa shape index (κ1) is 12.9. The smallest absolute Gasteiger partial charge is 0.134 e. The molecule has 2 aromatic heterocycles. The number of anilines is 1. The minimum absolute atomic E-state index is 0.807. The van der Waals surface area contributed by atoms with Gasteiger partial charge in [0.15, 0.2) is 0 Å². The summed E-state index contributed by atoms with van der Waals surface area (Å²) in [6.45, 7) is 2.94. The monoisotopic (exact) mass is 284 g/mol. The molecule has 0 amide bonds. The van der Waals surface area contributed by atoms with Gasteiger partial charge in [-0.3, -0.25) is 0 Å². The van der Waals surface area contributed by atoms with Crippen LogP contribution in [-0.2, 0) is 6.54 Å². The number of benzene rings is 1. The lowest BCUT2D eigenvalue weighted by molar-refractivity contribution is 0.415. The summed E-state index contributed by atoms with van der Waals surface area (Å²) in [4.78, 5) is 5.79. The molecule has 0 spiro atoms. The molecular formula is C16H16N2OS. The van der Waals surface area contributed by atoms with Crippen LogP contribution in [-0.4, -0.2) is 12.1 Å². The van der Waals surface area contributed by atoms with E-state index in [-0.39, 0.29) is 0 Å². The summed E-state index contributed by atoms with van der Waals surface area (Å²) in [5.41, 5.74) is 1.32. The van der Waals surface area contributed by atoms with Gasteiger partial charge in [0.2, 0.25) is 0 Å². The second-order valence-electron chi connectivity index (χ2n) is 4.63. The SMILES string of the molecule is COc1ccc2c(NCc3sccc3C)nccc2c1. The van der Waals surface area contributed by atoms with Crippen LogP contribution in [0.3, 0.4) is 0 Å². The van der Waals surface area contributed by atoms with Crippen molar-refractivity contribution in [3.63, 3.8) is 0 Å². The average molecular weight is 284 g/mol. The summed E-state index contributed by atoms with van der Waals surface area (Å²) in [5.74, 6) is 1.78. The molecule has 0 radical (unpaired) electrons. The van der Waals surface area contributed by atoms with Crippen LogP contribution in [0.2, 0.25) is 0 Å². The zero-order valence-electron chi connectivity index (χ0n) is 11.5. The fourth-order valence-corrected chi connectivity index (χ4v) is 3.02. The first-order valence-corrected chi connectivity index (χ1v) is 7.35. The molecule has 0 aliphatic rings. The topological polar surface area (TPSA) is 34.1 Å². The number of rotatable bonds is 4. The second-order valence-corrected chi connectivity index (χ2v) is 5.63. The van der Waals surface area contributed by atoms with Gasteiger partial charge in [-0.25, -0.2) is 4.98 Å². The minimum Gasteiger partial charge on any atom is -0.497 e. The third-order valence-corrected chi connectivity index (χ3v) is 4.38. The number of nitrogens with one attached hydrogen (secondary N) is 1. The predicted octanol–water partition coefficient (Wildman–Crippen LogP) is 4.23. The Morgan fingerprint density at radius 1 is 1.25 bits per heavy atom. The minimum atomic E-state index is 0.807. The fourth-order valence-electron chi connectivity index (χ4n) is 2.17. The summed E-state index contributed by atoms with van der Waals surface area (Å²) >= 11 is 1.77. The third-order valence-electron chi connectivity index (χ3n) is 3.36. The van der Waals surface area contributed by atoms with E-state index < -0.39 is 0 Å². The maximum absolute atomic E-state index is 5.26. The van der Waals surface area contributed by atoms with Gasteiger partial charge in [-0.05, 0) is 53.6 Å². The number of hydrogen-bond donors (Lipinski definition) is 1. The van der Waals surface area contributed by atoms with Crippen LogP contribution >= 0.6 is 11.3 Å². The number of thiophene rings is 1. The molecule has 0 saturated heterocycles. The van der Waals surface area contributed by atoms with Gasteiger partial charge in [0.25, 0.3) is 0 Å². The van der Waals surface area contributed by atoms with E-state index in [2.05, 4.69) is 28.7 Å². The number of methoxy groups -OCH3 is 1. The van der Waals surface area contributed by atoms with Gasteiger partial charge in [0, 0.05) is 16.5 Å².